The zero-order chi connectivity index (χ0) is 9.65. The summed E-state index contributed by atoms with van der Waals surface area (Å²) in [7, 11) is -6.00. The van der Waals surface area contributed by atoms with Gasteiger partial charge in [-0.05, 0) is 6.92 Å². The van der Waals surface area contributed by atoms with Gasteiger partial charge in [-0.1, -0.05) is 6.58 Å². The molecule has 2 nitrogen and oxygen atoms in total. The molecule has 0 saturated carbocycles. The number of carboxylic acid groups (broad SMARTS) is 1. The van der Waals surface area contributed by atoms with Crippen molar-refractivity contribution in [2.75, 3.05) is 0 Å². The van der Waals surface area contributed by atoms with Crippen LogP contribution in [0.25, 0.3) is 0 Å². The average molecular weight is 181 g/mol. The Morgan fingerprint density at radius 3 is 1.50 bits per heavy atom. The van der Waals surface area contributed by atoms with Crippen LogP contribution in [0.3, 0.4) is 0 Å². The Bertz CT molecular complexity index is 145. The van der Waals surface area contributed by atoms with Crippen molar-refractivity contribution in [3.8, 4) is 0 Å². The van der Waals surface area contributed by atoms with Gasteiger partial charge >= 0.3 is 32.1 Å². The van der Waals surface area contributed by atoms with Crippen LogP contribution in [0.2, 0.25) is 0 Å². The molecule has 68 valence electrons. The van der Waals surface area contributed by atoms with E-state index in [4.69, 9.17) is 5.11 Å². The molecule has 0 radical (unpaired) electrons. The minimum Gasteiger partial charge on any atom is -1.00 e. The maximum absolute atomic E-state index is 9.75. The molecule has 0 unspecified atom stereocenters. The first-order chi connectivity index (χ1) is 4.64. The molecule has 0 aliphatic rings. The fourth-order valence-electron chi connectivity index (χ4n) is 0. The van der Waals surface area contributed by atoms with Gasteiger partial charge in [-0.15, -0.1) is 0 Å². The van der Waals surface area contributed by atoms with Gasteiger partial charge in [0.05, 0.1) is 0 Å². The summed E-state index contributed by atoms with van der Waals surface area (Å²) in [4.78, 5) is 9.60. The molecule has 8 heteroatoms. The molecule has 0 atom stereocenters. The van der Waals surface area contributed by atoms with E-state index in [9.17, 15) is 22.1 Å². The van der Waals surface area contributed by atoms with Crippen LogP contribution in [-0.4, -0.2) is 18.3 Å². The molecule has 0 aliphatic carbocycles. The topological polar surface area (TPSA) is 37.3 Å². The SMILES string of the molecule is C=C(C)C(=O)O.F[B-](F)(F)F.[H-].[Li+]. The summed E-state index contributed by atoms with van der Waals surface area (Å²) in [6.45, 7) is 4.60. The maximum atomic E-state index is 9.75. The molecule has 12 heavy (non-hydrogen) atoms. The summed E-state index contributed by atoms with van der Waals surface area (Å²) in [5, 5.41) is 7.89. The molecular formula is C4H7BF4LiO2-. The summed E-state index contributed by atoms with van der Waals surface area (Å²) in [6, 6.07) is 0. The largest absolute Gasteiger partial charge is 1.00 e. The predicted molar refractivity (Wildman–Crippen MR) is 33.7 cm³/mol. The summed E-state index contributed by atoms with van der Waals surface area (Å²) in [5.41, 5.74) is 0.176. The molecule has 0 aromatic carbocycles. The smallest absolute Gasteiger partial charge is 1.00 e. The van der Waals surface area contributed by atoms with Gasteiger partial charge in [-0.2, -0.15) is 0 Å². The quantitative estimate of drug-likeness (QED) is 0.322. The van der Waals surface area contributed by atoms with Gasteiger partial charge in [0.1, 0.15) is 0 Å². The Balaban J connectivity index is -0.0000000546. The molecule has 0 fully saturated rings. The Kier molecular flexibility index (Phi) is 10.6. The Labute approximate surface area is 80.4 Å². The number of hydrogen-bond acceptors (Lipinski definition) is 1. The number of aliphatic carboxylic acids is 1. The van der Waals surface area contributed by atoms with Crippen molar-refractivity contribution >= 4 is 13.2 Å². The van der Waals surface area contributed by atoms with E-state index in [1.54, 1.807) is 0 Å². The van der Waals surface area contributed by atoms with Crippen LogP contribution in [0.15, 0.2) is 12.2 Å². The van der Waals surface area contributed by atoms with Crippen LogP contribution in [0.4, 0.5) is 17.3 Å². The van der Waals surface area contributed by atoms with E-state index < -0.39 is 13.2 Å². The first kappa shape index (κ1) is 17.6. The summed E-state index contributed by atoms with van der Waals surface area (Å²) >= 11 is 0. The molecule has 0 heterocycles. The predicted octanol–water partition coefficient (Wildman–Crippen LogP) is -0.936. The molecule has 0 rings (SSSR count). The standard InChI is InChI=1S/C4H6O2.BF4.Li.H/c1-3(2)4(5)6;2-1(3,4)5;;/h1H2,2H3,(H,5,6);;;/q;-1;+1;-1. The van der Waals surface area contributed by atoms with Gasteiger partial charge < -0.3 is 23.8 Å². The molecular weight excluding hydrogens is 174 g/mol. The van der Waals surface area contributed by atoms with Gasteiger partial charge in [0.15, 0.2) is 0 Å². The molecule has 0 spiro atoms. The van der Waals surface area contributed by atoms with E-state index in [0.29, 0.717) is 0 Å². The minimum atomic E-state index is -6.00. The van der Waals surface area contributed by atoms with Crippen LogP contribution in [0, 0.1) is 0 Å². The molecule has 0 bridgehead atoms. The Morgan fingerprint density at radius 2 is 1.50 bits per heavy atom. The zero-order valence-electron chi connectivity index (χ0n) is 7.65. The molecule has 0 saturated heterocycles. The van der Waals surface area contributed by atoms with E-state index in [1.807, 2.05) is 0 Å². The van der Waals surface area contributed by atoms with Gasteiger partial charge in [0.25, 0.3) is 0 Å². The third-order valence-electron chi connectivity index (χ3n) is 0.365. The van der Waals surface area contributed by atoms with Gasteiger partial charge in [0.2, 0.25) is 0 Å². The second-order valence-electron chi connectivity index (χ2n) is 1.58. The third-order valence-corrected chi connectivity index (χ3v) is 0.365. The molecule has 1 N–H and O–H groups in total. The number of carboxylic acids is 1. The number of rotatable bonds is 1. The normalized spacial score (nSPS) is 8.75. The summed E-state index contributed by atoms with van der Waals surface area (Å²) in [5.74, 6) is -0.935. The monoisotopic (exact) mass is 181 g/mol. The summed E-state index contributed by atoms with van der Waals surface area (Å²) in [6.07, 6.45) is 0. The van der Waals surface area contributed by atoms with Gasteiger partial charge in [-0.3, -0.25) is 0 Å². The Hall–Kier alpha value is -0.408. The Morgan fingerprint density at radius 1 is 1.42 bits per heavy atom. The number of hydrogen-bond donors (Lipinski definition) is 1. The second-order valence-corrected chi connectivity index (χ2v) is 1.58. The van der Waals surface area contributed by atoms with E-state index >= 15 is 0 Å². The summed E-state index contributed by atoms with van der Waals surface area (Å²) < 4.78 is 39.0. The number of carbonyl (C=O) groups is 1. The van der Waals surface area contributed by atoms with Crippen LogP contribution in [0.1, 0.15) is 8.35 Å². The van der Waals surface area contributed by atoms with Crippen molar-refractivity contribution in [1.29, 1.82) is 0 Å². The van der Waals surface area contributed by atoms with Gasteiger partial charge in [0, 0.05) is 5.57 Å². The van der Waals surface area contributed by atoms with Crippen LogP contribution in [0.5, 0.6) is 0 Å². The van der Waals surface area contributed by atoms with Crippen LogP contribution < -0.4 is 18.9 Å². The van der Waals surface area contributed by atoms with E-state index in [-0.39, 0.29) is 25.9 Å². The van der Waals surface area contributed by atoms with Crippen molar-refractivity contribution in [3.63, 3.8) is 0 Å². The fraction of sp³-hybridized carbons (Fsp3) is 0.250. The minimum absolute atomic E-state index is 0. The fourth-order valence-corrected chi connectivity index (χ4v) is 0. The van der Waals surface area contributed by atoms with E-state index in [1.165, 1.54) is 6.92 Å². The van der Waals surface area contributed by atoms with Crippen LogP contribution in [-0.2, 0) is 4.79 Å². The van der Waals surface area contributed by atoms with Crippen LogP contribution >= 0.6 is 0 Å². The van der Waals surface area contributed by atoms with E-state index in [0.717, 1.165) is 0 Å². The van der Waals surface area contributed by atoms with Gasteiger partial charge in [-0.25, -0.2) is 4.79 Å². The molecule has 0 amide bonds. The van der Waals surface area contributed by atoms with Crippen molar-refractivity contribution in [3.05, 3.63) is 12.2 Å². The molecule has 0 aromatic heterocycles. The second kappa shape index (κ2) is 7.25. The third kappa shape index (κ3) is 54.9. The average Bonchev–Trinajstić information content (AvgIpc) is 1.59. The van der Waals surface area contributed by atoms with Crippen molar-refractivity contribution in [2.45, 2.75) is 6.92 Å². The number of halogens is 4. The van der Waals surface area contributed by atoms with E-state index in [2.05, 4.69) is 6.58 Å². The van der Waals surface area contributed by atoms with Crippen molar-refractivity contribution < 1.29 is 47.5 Å². The molecule has 0 aliphatic heterocycles. The first-order valence-electron chi connectivity index (χ1n) is 2.40. The van der Waals surface area contributed by atoms with Crippen molar-refractivity contribution in [1.82, 2.24) is 0 Å². The zero-order valence-corrected chi connectivity index (χ0v) is 6.65. The van der Waals surface area contributed by atoms with Crippen molar-refractivity contribution in [2.24, 2.45) is 0 Å². The first-order valence-corrected chi connectivity index (χ1v) is 2.40. The maximum Gasteiger partial charge on any atom is 1.00 e. The molecule has 0 aromatic rings.